The molecule has 0 aliphatic heterocycles. The third-order valence-corrected chi connectivity index (χ3v) is 7.59. The number of carbonyl (C=O) groups excluding carboxylic acids is 1. The van der Waals surface area contributed by atoms with Gasteiger partial charge in [0.05, 0.1) is 0 Å². The monoisotopic (exact) mass is 319 g/mol. The summed E-state index contributed by atoms with van der Waals surface area (Å²) < 4.78 is 5.44. The van der Waals surface area contributed by atoms with Crippen LogP contribution in [0.5, 0.6) is 0 Å². The lowest BCUT2D eigenvalue weighted by Gasteiger charge is -2.31. The van der Waals surface area contributed by atoms with Crippen molar-refractivity contribution in [2.24, 2.45) is 0 Å². The quantitative estimate of drug-likeness (QED) is 0.786. The summed E-state index contributed by atoms with van der Waals surface area (Å²) in [6.45, 7) is 13.0. The first-order valence-corrected chi connectivity index (χ1v) is 10.7. The van der Waals surface area contributed by atoms with Crippen LogP contribution in [0.4, 0.5) is 4.79 Å². The maximum atomic E-state index is 12.2. The Labute approximate surface area is 136 Å². The number of hydrogen-bond donors (Lipinski definition) is 0. The average molecular weight is 320 g/mol. The van der Waals surface area contributed by atoms with Crippen molar-refractivity contribution in [2.75, 3.05) is 13.6 Å². The highest BCUT2D eigenvalue weighted by Gasteiger charge is 2.30. The number of allylic oxidation sites excluding steroid dienone is 1. The summed E-state index contributed by atoms with van der Waals surface area (Å²) in [5.74, 6) is 0. The molecule has 122 valence electrons. The zero-order valence-electron chi connectivity index (χ0n) is 14.9. The van der Waals surface area contributed by atoms with Crippen molar-refractivity contribution < 1.29 is 9.53 Å². The van der Waals surface area contributed by atoms with E-state index in [2.05, 4.69) is 50.4 Å². The van der Waals surface area contributed by atoms with Crippen LogP contribution in [0.3, 0.4) is 0 Å². The van der Waals surface area contributed by atoms with Crippen molar-refractivity contribution in [1.82, 2.24) is 4.90 Å². The number of nitrogens with zero attached hydrogens (tertiary/aromatic N) is 1. The third-order valence-electron chi connectivity index (χ3n) is 3.76. The second kappa shape index (κ2) is 7.14. The fourth-order valence-corrected chi connectivity index (χ4v) is 5.10. The first kappa shape index (κ1) is 18.5. The fraction of sp³-hybridized carbons (Fsp3) is 0.500. The first-order chi connectivity index (χ1) is 10.1. The molecule has 0 bridgehead atoms. The highest BCUT2D eigenvalue weighted by Crippen LogP contribution is 2.17. The SMILES string of the molecule is C/C=C(/CN(C)C(=O)OC(C)(C)C)[Si](C)(C)c1ccccc1. The van der Waals surface area contributed by atoms with Crippen LogP contribution in [-0.2, 0) is 4.74 Å². The van der Waals surface area contributed by atoms with Crippen LogP contribution in [-0.4, -0.2) is 38.3 Å². The number of carbonyl (C=O) groups is 1. The Morgan fingerprint density at radius 3 is 2.23 bits per heavy atom. The Kier molecular flexibility index (Phi) is 6.00. The minimum absolute atomic E-state index is 0.273. The highest BCUT2D eigenvalue weighted by atomic mass is 28.3. The highest BCUT2D eigenvalue weighted by molar-refractivity contribution is 6.95. The van der Waals surface area contributed by atoms with Crippen molar-refractivity contribution in [3.05, 3.63) is 41.6 Å². The second-order valence-electron chi connectivity index (χ2n) is 7.14. The molecule has 0 fully saturated rings. The average Bonchev–Trinajstić information content (AvgIpc) is 2.43. The van der Waals surface area contributed by atoms with E-state index in [1.54, 1.807) is 11.9 Å². The summed E-state index contributed by atoms with van der Waals surface area (Å²) in [6, 6.07) is 10.6. The van der Waals surface area contributed by atoms with Crippen LogP contribution in [0.25, 0.3) is 0 Å². The van der Waals surface area contributed by atoms with Crippen LogP contribution >= 0.6 is 0 Å². The second-order valence-corrected chi connectivity index (χ2v) is 11.6. The molecule has 1 aromatic carbocycles. The van der Waals surface area contributed by atoms with E-state index in [1.807, 2.05) is 26.8 Å². The molecular formula is C18H29NO2Si. The zero-order valence-corrected chi connectivity index (χ0v) is 15.9. The van der Waals surface area contributed by atoms with Gasteiger partial charge in [0.1, 0.15) is 13.7 Å². The molecule has 0 radical (unpaired) electrons. The van der Waals surface area contributed by atoms with Crippen molar-refractivity contribution in [3.63, 3.8) is 0 Å². The summed E-state index contributed by atoms with van der Waals surface area (Å²) in [7, 11) is 0.0342. The Morgan fingerprint density at radius 2 is 1.77 bits per heavy atom. The summed E-state index contributed by atoms with van der Waals surface area (Å²) in [5.41, 5.74) is -0.464. The summed E-state index contributed by atoms with van der Waals surface area (Å²) in [5, 5.41) is 2.70. The normalized spacial score (nSPS) is 13.0. The van der Waals surface area contributed by atoms with E-state index >= 15 is 0 Å². The molecule has 0 saturated carbocycles. The van der Waals surface area contributed by atoms with Crippen LogP contribution < -0.4 is 5.19 Å². The Balaban J connectivity index is 2.88. The van der Waals surface area contributed by atoms with Crippen LogP contribution in [0.15, 0.2) is 41.6 Å². The van der Waals surface area contributed by atoms with E-state index in [-0.39, 0.29) is 6.09 Å². The maximum Gasteiger partial charge on any atom is 0.410 e. The van der Waals surface area contributed by atoms with E-state index < -0.39 is 13.7 Å². The van der Waals surface area contributed by atoms with Gasteiger partial charge in [-0.25, -0.2) is 4.79 Å². The lowest BCUT2D eigenvalue weighted by Crippen LogP contribution is -2.48. The number of ether oxygens (including phenoxy) is 1. The van der Waals surface area contributed by atoms with Gasteiger partial charge in [-0.15, -0.1) is 0 Å². The van der Waals surface area contributed by atoms with Crippen molar-refractivity contribution in [3.8, 4) is 0 Å². The number of likely N-dealkylation sites (N-methyl/N-ethyl adjacent to an activating group) is 1. The van der Waals surface area contributed by atoms with Gasteiger partial charge in [0.2, 0.25) is 0 Å². The number of hydrogen-bond acceptors (Lipinski definition) is 2. The molecule has 4 heteroatoms. The van der Waals surface area contributed by atoms with E-state index in [4.69, 9.17) is 4.74 Å². The van der Waals surface area contributed by atoms with E-state index in [9.17, 15) is 4.79 Å². The molecule has 0 aliphatic carbocycles. The maximum absolute atomic E-state index is 12.2. The van der Waals surface area contributed by atoms with Crippen molar-refractivity contribution in [2.45, 2.75) is 46.4 Å². The number of rotatable bonds is 4. The molecule has 1 rings (SSSR count). The molecule has 1 amide bonds. The zero-order chi connectivity index (χ0) is 17.0. The Bertz CT molecular complexity index is 530. The van der Waals surface area contributed by atoms with Gasteiger partial charge in [-0.2, -0.15) is 0 Å². The molecule has 0 aromatic heterocycles. The predicted molar refractivity (Wildman–Crippen MR) is 96.2 cm³/mol. The molecule has 0 atom stereocenters. The largest absolute Gasteiger partial charge is 0.444 e. The van der Waals surface area contributed by atoms with Gasteiger partial charge in [0.15, 0.2) is 0 Å². The smallest absolute Gasteiger partial charge is 0.410 e. The van der Waals surface area contributed by atoms with Crippen molar-refractivity contribution in [1.29, 1.82) is 0 Å². The molecule has 1 aromatic rings. The van der Waals surface area contributed by atoms with Crippen LogP contribution in [0, 0.1) is 0 Å². The van der Waals surface area contributed by atoms with Gasteiger partial charge in [-0.1, -0.05) is 59.9 Å². The van der Waals surface area contributed by atoms with Crippen LogP contribution in [0.1, 0.15) is 27.7 Å². The standard InChI is InChI=1S/C18H29NO2Si/c1-8-15(14-19(5)17(20)21-18(2,3)4)22(6,7)16-12-10-9-11-13-16/h8-13H,14H2,1-7H3/b15-8-. The summed E-state index contributed by atoms with van der Waals surface area (Å²) >= 11 is 0. The predicted octanol–water partition coefficient (Wildman–Crippen LogP) is 3.95. The molecule has 0 unspecified atom stereocenters. The van der Waals surface area contributed by atoms with Crippen LogP contribution in [0.2, 0.25) is 13.1 Å². The number of amides is 1. The van der Waals surface area contributed by atoms with Gasteiger partial charge in [-0.3, -0.25) is 0 Å². The lowest BCUT2D eigenvalue weighted by atomic mass is 10.2. The van der Waals surface area contributed by atoms with E-state index in [1.165, 1.54) is 10.4 Å². The molecule has 0 aliphatic rings. The molecule has 0 saturated heterocycles. The minimum Gasteiger partial charge on any atom is -0.444 e. The van der Waals surface area contributed by atoms with Gasteiger partial charge in [-0.05, 0) is 27.7 Å². The minimum atomic E-state index is -1.76. The van der Waals surface area contributed by atoms with Gasteiger partial charge >= 0.3 is 6.09 Å². The molecule has 0 N–H and O–H groups in total. The Morgan fingerprint density at radius 1 is 1.23 bits per heavy atom. The molecule has 0 heterocycles. The summed E-state index contributed by atoms with van der Waals surface area (Å²) in [4.78, 5) is 13.8. The third kappa shape index (κ3) is 5.02. The van der Waals surface area contributed by atoms with E-state index in [0.29, 0.717) is 6.54 Å². The van der Waals surface area contributed by atoms with Gasteiger partial charge in [0, 0.05) is 13.6 Å². The van der Waals surface area contributed by atoms with Gasteiger partial charge < -0.3 is 9.64 Å². The number of benzene rings is 1. The topological polar surface area (TPSA) is 29.5 Å². The Hall–Kier alpha value is -1.55. The molecule has 22 heavy (non-hydrogen) atoms. The van der Waals surface area contributed by atoms with Gasteiger partial charge in [0.25, 0.3) is 0 Å². The summed E-state index contributed by atoms with van der Waals surface area (Å²) in [6.07, 6.45) is 1.88. The molecular weight excluding hydrogens is 290 g/mol. The molecule has 0 spiro atoms. The fourth-order valence-electron chi connectivity index (χ4n) is 2.35. The molecule has 3 nitrogen and oxygen atoms in total. The lowest BCUT2D eigenvalue weighted by molar-refractivity contribution is 0.0316. The van der Waals surface area contributed by atoms with E-state index in [0.717, 1.165) is 0 Å². The van der Waals surface area contributed by atoms with Crippen molar-refractivity contribution >= 4 is 19.4 Å². The first-order valence-electron chi connectivity index (χ1n) is 7.73.